The van der Waals surface area contributed by atoms with Gasteiger partial charge in [0.05, 0.1) is 0 Å². The predicted octanol–water partition coefficient (Wildman–Crippen LogP) is 8.46. The standard InChI is InChI=1S/C30H18/c1-2-9-19(10-3-1)27-17-20-18-28-22-12-5-4-11-21(22)25-15-8-16-26(30(25)28)29(20)24-14-7-6-13-23(24)27/h1-18H. The fourth-order valence-electron chi connectivity index (χ4n) is 5.34. The van der Waals surface area contributed by atoms with E-state index < -0.39 is 0 Å². The first-order chi connectivity index (χ1) is 14.9. The first-order valence-electron chi connectivity index (χ1n) is 10.5. The molecule has 7 rings (SSSR count). The molecule has 6 aromatic rings. The van der Waals surface area contributed by atoms with E-state index in [1.54, 1.807) is 0 Å². The van der Waals surface area contributed by atoms with Crippen LogP contribution in [-0.4, -0.2) is 0 Å². The van der Waals surface area contributed by atoms with Gasteiger partial charge in [-0.3, -0.25) is 0 Å². The van der Waals surface area contributed by atoms with Gasteiger partial charge in [-0.05, 0) is 77.8 Å². The van der Waals surface area contributed by atoms with E-state index >= 15 is 0 Å². The van der Waals surface area contributed by atoms with Crippen molar-refractivity contribution < 1.29 is 0 Å². The second-order valence-corrected chi connectivity index (χ2v) is 8.13. The van der Waals surface area contributed by atoms with Crippen molar-refractivity contribution in [2.75, 3.05) is 0 Å². The third kappa shape index (κ3) is 2.00. The first-order valence-corrected chi connectivity index (χ1v) is 10.5. The minimum absolute atomic E-state index is 1.27. The molecule has 0 spiro atoms. The van der Waals surface area contributed by atoms with Gasteiger partial charge in [0.2, 0.25) is 0 Å². The normalized spacial score (nSPS) is 12.0. The lowest BCUT2D eigenvalue weighted by Gasteiger charge is -2.14. The molecule has 6 aromatic carbocycles. The summed E-state index contributed by atoms with van der Waals surface area (Å²) in [6.45, 7) is 0. The maximum atomic E-state index is 2.41. The third-order valence-corrected chi connectivity index (χ3v) is 6.57. The van der Waals surface area contributed by atoms with E-state index in [0.717, 1.165) is 0 Å². The zero-order valence-corrected chi connectivity index (χ0v) is 16.4. The average molecular weight is 378 g/mol. The second kappa shape index (κ2) is 5.81. The highest BCUT2D eigenvalue weighted by atomic mass is 14.3. The zero-order chi connectivity index (χ0) is 19.7. The molecule has 0 atom stereocenters. The quantitative estimate of drug-likeness (QED) is 0.251. The summed E-state index contributed by atoms with van der Waals surface area (Å²) >= 11 is 0. The van der Waals surface area contributed by atoms with Crippen LogP contribution in [0.1, 0.15) is 0 Å². The molecule has 1 aliphatic carbocycles. The van der Waals surface area contributed by atoms with Gasteiger partial charge in [-0.1, -0.05) is 97.1 Å². The van der Waals surface area contributed by atoms with Crippen molar-refractivity contribution in [1.29, 1.82) is 0 Å². The third-order valence-electron chi connectivity index (χ3n) is 6.57. The Labute approximate surface area is 175 Å². The summed E-state index contributed by atoms with van der Waals surface area (Å²) < 4.78 is 0. The summed E-state index contributed by atoms with van der Waals surface area (Å²) in [4.78, 5) is 0. The highest BCUT2D eigenvalue weighted by molar-refractivity contribution is 6.30. The molecule has 0 unspecified atom stereocenters. The largest absolute Gasteiger partial charge is 0.0622 e. The van der Waals surface area contributed by atoms with Gasteiger partial charge < -0.3 is 0 Å². The monoisotopic (exact) mass is 378 g/mol. The van der Waals surface area contributed by atoms with Gasteiger partial charge in [0.15, 0.2) is 0 Å². The molecular formula is C30H18. The Morgan fingerprint density at radius 1 is 0.333 bits per heavy atom. The van der Waals surface area contributed by atoms with Crippen molar-refractivity contribution in [3.63, 3.8) is 0 Å². The van der Waals surface area contributed by atoms with E-state index in [4.69, 9.17) is 0 Å². The van der Waals surface area contributed by atoms with Gasteiger partial charge in [-0.15, -0.1) is 0 Å². The molecule has 0 aromatic heterocycles. The van der Waals surface area contributed by atoms with Gasteiger partial charge in [0, 0.05) is 0 Å². The van der Waals surface area contributed by atoms with Crippen LogP contribution in [0.3, 0.4) is 0 Å². The van der Waals surface area contributed by atoms with Gasteiger partial charge in [-0.25, -0.2) is 0 Å². The summed E-state index contributed by atoms with van der Waals surface area (Å²) in [6, 6.07) is 40.0. The molecule has 1 aliphatic rings. The Kier molecular flexibility index (Phi) is 3.09. The number of hydrogen-bond acceptors (Lipinski definition) is 0. The molecule has 0 bridgehead atoms. The van der Waals surface area contributed by atoms with Crippen LogP contribution < -0.4 is 0 Å². The maximum Gasteiger partial charge on any atom is -0.00197 e. The van der Waals surface area contributed by atoms with Crippen LogP contribution in [0.25, 0.3) is 65.7 Å². The molecule has 0 saturated carbocycles. The Bertz CT molecular complexity index is 1610. The SMILES string of the molecule is c1ccc(-c2cc3cc4c5c(cccc5c3c3ccccc23)-c2ccccc2-4)cc1. The summed E-state index contributed by atoms with van der Waals surface area (Å²) in [6.07, 6.45) is 0. The average Bonchev–Trinajstić information content (AvgIpc) is 3.14. The van der Waals surface area contributed by atoms with E-state index in [2.05, 4.69) is 109 Å². The molecule has 30 heavy (non-hydrogen) atoms. The van der Waals surface area contributed by atoms with E-state index in [0.29, 0.717) is 0 Å². The van der Waals surface area contributed by atoms with Crippen LogP contribution in [0.4, 0.5) is 0 Å². The molecule has 0 aliphatic heterocycles. The van der Waals surface area contributed by atoms with Crippen molar-refractivity contribution in [1.82, 2.24) is 0 Å². The molecule has 0 radical (unpaired) electrons. The van der Waals surface area contributed by atoms with Gasteiger partial charge >= 0.3 is 0 Å². The first kappa shape index (κ1) is 16.0. The lowest BCUT2D eigenvalue weighted by atomic mass is 9.89. The number of benzene rings is 6. The lowest BCUT2D eigenvalue weighted by molar-refractivity contribution is 1.67. The molecule has 0 nitrogen and oxygen atoms in total. The van der Waals surface area contributed by atoms with Crippen molar-refractivity contribution in [3.05, 3.63) is 109 Å². The highest BCUT2D eigenvalue weighted by Gasteiger charge is 2.23. The van der Waals surface area contributed by atoms with Gasteiger partial charge in [0.1, 0.15) is 0 Å². The maximum absolute atomic E-state index is 2.41. The predicted molar refractivity (Wildman–Crippen MR) is 129 cm³/mol. The van der Waals surface area contributed by atoms with Crippen molar-refractivity contribution in [3.8, 4) is 33.4 Å². The molecule has 0 heterocycles. The van der Waals surface area contributed by atoms with Crippen LogP contribution in [0, 0.1) is 0 Å². The van der Waals surface area contributed by atoms with E-state index in [1.807, 2.05) is 0 Å². The Morgan fingerprint density at radius 3 is 1.77 bits per heavy atom. The molecule has 0 amide bonds. The second-order valence-electron chi connectivity index (χ2n) is 8.13. The molecule has 138 valence electrons. The lowest BCUT2D eigenvalue weighted by Crippen LogP contribution is -1.87. The van der Waals surface area contributed by atoms with Crippen molar-refractivity contribution >= 4 is 32.3 Å². The number of fused-ring (bicyclic) bond motifs is 7. The van der Waals surface area contributed by atoms with Crippen molar-refractivity contribution in [2.24, 2.45) is 0 Å². The smallest absolute Gasteiger partial charge is 0.00197 e. The van der Waals surface area contributed by atoms with Crippen LogP contribution in [0.2, 0.25) is 0 Å². The fourth-order valence-corrected chi connectivity index (χ4v) is 5.34. The van der Waals surface area contributed by atoms with Crippen LogP contribution in [-0.2, 0) is 0 Å². The molecule has 0 saturated heterocycles. The summed E-state index contributed by atoms with van der Waals surface area (Å²) in [5.74, 6) is 0. The Balaban J connectivity index is 1.72. The van der Waals surface area contributed by atoms with Crippen LogP contribution in [0.15, 0.2) is 109 Å². The zero-order valence-electron chi connectivity index (χ0n) is 16.4. The van der Waals surface area contributed by atoms with Gasteiger partial charge in [-0.2, -0.15) is 0 Å². The number of hydrogen-bond donors (Lipinski definition) is 0. The molecule has 0 N–H and O–H groups in total. The van der Waals surface area contributed by atoms with E-state index in [9.17, 15) is 0 Å². The van der Waals surface area contributed by atoms with Crippen LogP contribution in [0.5, 0.6) is 0 Å². The van der Waals surface area contributed by atoms with Crippen molar-refractivity contribution in [2.45, 2.75) is 0 Å². The minimum Gasteiger partial charge on any atom is -0.0622 e. The summed E-state index contributed by atoms with van der Waals surface area (Å²) in [5, 5.41) is 8.05. The summed E-state index contributed by atoms with van der Waals surface area (Å²) in [7, 11) is 0. The van der Waals surface area contributed by atoms with E-state index in [-0.39, 0.29) is 0 Å². The molecule has 0 fully saturated rings. The molecular weight excluding hydrogens is 360 g/mol. The highest BCUT2D eigenvalue weighted by Crippen LogP contribution is 2.50. The molecule has 0 heteroatoms. The Hall–Kier alpha value is -3.90. The summed E-state index contributed by atoms with van der Waals surface area (Å²) in [5.41, 5.74) is 7.98. The topological polar surface area (TPSA) is 0 Å². The minimum atomic E-state index is 1.27. The number of rotatable bonds is 1. The Morgan fingerprint density at radius 2 is 0.933 bits per heavy atom. The van der Waals surface area contributed by atoms with Gasteiger partial charge in [0.25, 0.3) is 0 Å². The fraction of sp³-hybridized carbons (Fsp3) is 0. The van der Waals surface area contributed by atoms with Crippen LogP contribution >= 0.6 is 0 Å². The van der Waals surface area contributed by atoms with E-state index in [1.165, 1.54) is 65.7 Å².